The molecule has 0 heterocycles. The number of benzene rings is 1. The summed E-state index contributed by atoms with van der Waals surface area (Å²) in [6, 6.07) is 5.21. The Labute approximate surface area is 118 Å². The van der Waals surface area contributed by atoms with Crippen molar-refractivity contribution in [3.05, 3.63) is 28.8 Å². The van der Waals surface area contributed by atoms with E-state index in [2.05, 4.69) is 11.2 Å². The molecule has 0 aromatic heterocycles. The van der Waals surface area contributed by atoms with Crippen LogP contribution in [-0.2, 0) is 11.2 Å². The highest BCUT2D eigenvalue weighted by molar-refractivity contribution is 6.30. The Morgan fingerprint density at radius 2 is 2.37 bits per heavy atom. The maximum atomic E-state index is 11.4. The number of amides is 1. The van der Waals surface area contributed by atoms with E-state index in [0.717, 1.165) is 5.56 Å². The fourth-order valence-corrected chi connectivity index (χ4v) is 1.73. The van der Waals surface area contributed by atoms with Crippen molar-refractivity contribution in [3.63, 3.8) is 0 Å². The number of rotatable bonds is 6. The largest absolute Gasteiger partial charge is 0.483 e. The van der Waals surface area contributed by atoms with Crippen LogP contribution in [0.5, 0.6) is 5.75 Å². The molecule has 102 valence electrons. The molecule has 0 saturated heterocycles. The molecule has 1 amide bonds. The molecule has 4 nitrogen and oxygen atoms in total. The van der Waals surface area contributed by atoms with Crippen LogP contribution in [0.4, 0.5) is 0 Å². The first-order valence-electron chi connectivity index (χ1n) is 5.90. The highest BCUT2D eigenvalue weighted by atomic mass is 35.5. The lowest BCUT2D eigenvalue weighted by Gasteiger charge is -2.13. The van der Waals surface area contributed by atoms with Crippen molar-refractivity contribution in [2.75, 3.05) is 13.2 Å². The molecule has 1 unspecified atom stereocenters. The Kier molecular flexibility index (Phi) is 6.20. The third-order valence-corrected chi connectivity index (χ3v) is 2.55. The van der Waals surface area contributed by atoms with Gasteiger partial charge in [0.1, 0.15) is 5.75 Å². The summed E-state index contributed by atoms with van der Waals surface area (Å²) < 4.78 is 5.46. The number of nitrogens with two attached hydrogens (primary N) is 1. The van der Waals surface area contributed by atoms with E-state index >= 15 is 0 Å². The van der Waals surface area contributed by atoms with Crippen molar-refractivity contribution in [3.8, 4) is 18.1 Å². The smallest absolute Gasteiger partial charge is 0.258 e. The normalized spacial score (nSPS) is 11.5. The lowest BCUT2D eigenvalue weighted by molar-refractivity contribution is -0.122. The first-order chi connectivity index (χ1) is 9.02. The zero-order valence-electron chi connectivity index (χ0n) is 10.8. The van der Waals surface area contributed by atoms with Crippen LogP contribution < -0.4 is 15.8 Å². The summed E-state index contributed by atoms with van der Waals surface area (Å²) in [4.78, 5) is 11.4. The minimum Gasteiger partial charge on any atom is -0.483 e. The van der Waals surface area contributed by atoms with Gasteiger partial charge in [-0.15, -0.1) is 6.42 Å². The maximum Gasteiger partial charge on any atom is 0.258 e. The van der Waals surface area contributed by atoms with Gasteiger partial charge in [-0.2, -0.15) is 0 Å². The molecule has 0 radical (unpaired) electrons. The second-order valence-corrected chi connectivity index (χ2v) is 4.64. The van der Waals surface area contributed by atoms with E-state index in [9.17, 15) is 4.79 Å². The van der Waals surface area contributed by atoms with E-state index in [1.54, 1.807) is 18.2 Å². The molecule has 0 aliphatic carbocycles. The summed E-state index contributed by atoms with van der Waals surface area (Å²) in [6.07, 6.45) is 5.67. The van der Waals surface area contributed by atoms with E-state index in [1.165, 1.54) is 0 Å². The van der Waals surface area contributed by atoms with Gasteiger partial charge in [0.05, 0.1) is 6.54 Å². The van der Waals surface area contributed by atoms with Crippen molar-refractivity contribution in [2.45, 2.75) is 19.4 Å². The Balaban J connectivity index is 2.67. The quantitative estimate of drug-likeness (QED) is 0.774. The number of hydrogen-bond donors (Lipinski definition) is 2. The average molecular weight is 281 g/mol. The molecule has 1 aromatic rings. The maximum absolute atomic E-state index is 11.4. The third-order valence-electron chi connectivity index (χ3n) is 2.31. The summed E-state index contributed by atoms with van der Waals surface area (Å²) in [7, 11) is 0. The van der Waals surface area contributed by atoms with Crippen LogP contribution in [0.3, 0.4) is 0 Å². The van der Waals surface area contributed by atoms with Gasteiger partial charge in [0.15, 0.2) is 6.61 Å². The molecule has 0 spiro atoms. The van der Waals surface area contributed by atoms with Gasteiger partial charge in [-0.25, -0.2) is 0 Å². The van der Waals surface area contributed by atoms with Gasteiger partial charge in [-0.05, 0) is 37.1 Å². The Hall–Kier alpha value is -1.70. The summed E-state index contributed by atoms with van der Waals surface area (Å²) in [5, 5.41) is 3.13. The Morgan fingerprint density at radius 3 is 3.00 bits per heavy atom. The molecule has 0 aliphatic rings. The van der Waals surface area contributed by atoms with Crippen molar-refractivity contribution in [1.82, 2.24) is 5.32 Å². The van der Waals surface area contributed by atoms with E-state index in [1.807, 2.05) is 6.92 Å². The van der Waals surface area contributed by atoms with Crippen molar-refractivity contribution in [2.24, 2.45) is 5.73 Å². The van der Waals surface area contributed by atoms with Crippen LogP contribution in [0.25, 0.3) is 0 Å². The van der Waals surface area contributed by atoms with Crippen LogP contribution in [0.2, 0.25) is 5.02 Å². The Morgan fingerprint density at radius 1 is 1.63 bits per heavy atom. The molecule has 3 N–H and O–H groups in total. The van der Waals surface area contributed by atoms with Gasteiger partial charge >= 0.3 is 0 Å². The van der Waals surface area contributed by atoms with Crippen LogP contribution in [0.15, 0.2) is 18.2 Å². The van der Waals surface area contributed by atoms with Crippen molar-refractivity contribution in [1.29, 1.82) is 0 Å². The molecule has 5 heteroatoms. The second-order valence-electron chi connectivity index (χ2n) is 4.20. The number of terminal acetylenes is 1. The molecule has 0 bridgehead atoms. The molecule has 0 saturated carbocycles. The van der Waals surface area contributed by atoms with Crippen LogP contribution >= 0.6 is 11.6 Å². The van der Waals surface area contributed by atoms with Gasteiger partial charge in [0.2, 0.25) is 0 Å². The fraction of sp³-hybridized carbons (Fsp3) is 0.357. The Bertz CT molecular complexity index is 481. The average Bonchev–Trinajstić information content (AvgIpc) is 2.34. The summed E-state index contributed by atoms with van der Waals surface area (Å²) in [6.45, 7) is 2.00. The molecular formula is C14H17ClN2O2. The van der Waals surface area contributed by atoms with E-state index in [-0.39, 0.29) is 25.1 Å². The minimum absolute atomic E-state index is 0.0175. The highest BCUT2D eigenvalue weighted by Gasteiger charge is 2.09. The van der Waals surface area contributed by atoms with Crippen LogP contribution in [0.1, 0.15) is 12.5 Å². The molecule has 0 fully saturated rings. The topological polar surface area (TPSA) is 64.3 Å². The number of carbonyl (C=O) groups excluding carboxylic acids is 1. The van der Waals surface area contributed by atoms with Crippen molar-refractivity contribution < 1.29 is 9.53 Å². The van der Waals surface area contributed by atoms with Gasteiger partial charge in [-0.3, -0.25) is 4.79 Å². The van der Waals surface area contributed by atoms with Crippen LogP contribution in [0, 0.1) is 12.3 Å². The highest BCUT2D eigenvalue weighted by Crippen LogP contribution is 2.24. The first-order valence-corrected chi connectivity index (χ1v) is 6.27. The number of carbonyl (C=O) groups is 1. The monoisotopic (exact) mass is 280 g/mol. The van der Waals surface area contributed by atoms with Gasteiger partial charge in [0, 0.05) is 11.1 Å². The predicted molar refractivity (Wildman–Crippen MR) is 76.1 cm³/mol. The molecule has 19 heavy (non-hydrogen) atoms. The lowest BCUT2D eigenvalue weighted by atomic mass is 10.1. The van der Waals surface area contributed by atoms with E-state index < -0.39 is 0 Å². The van der Waals surface area contributed by atoms with Gasteiger partial charge in [-0.1, -0.05) is 17.5 Å². The number of ether oxygens (including phenoxy) is 1. The van der Waals surface area contributed by atoms with Crippen molar-refractivity contribution >= 4 is 17.5 Å². The molecule has 0 aliphatic heterocycles. The summed E-state index contributed by atoms with van der Waals surface area (Å²) in [5.41, 5.74) is 6.65. The van der Waals surface area contributed by atoms with E-state index in [0.29, 0.717) is 17.2 Å². The number of halogens is 1. The van der Waals surface area contributed by atoms with Crippen LogP contribution in [-0.4, -0.2) is 25.1 Å². The fourth-order valence-electron chi connectivity index (χ4n) is 1.54. The van der Waals surface area contributed by atoms with Gasteiger partial charge in [0.25, 0.3) is 5.91 Å². The number of hydrogen-bond acceptors (Lipinski definition) is 3. The third kappa shape index (κ3) is 5.64. The molecule has 1 atom stereocenters. The SMILES string of the molecule is C#CCNC(=O)COc1ccc(Cl)cc1CC(C)N. The minimum atomic E-state index is -0.264. The summed E-state index contributed by atoms with van der Waals surface area (Å²) in [5.74, 6) is 2.66. The van der Waals surface area contributed by atoms with Gasteiger partial charge < -0.3 is 15.8 Å². The lowest BCUT2D eigenvalue weighted by Crippen LogP contribution is -2.29. The second kappa shape index (κ2) is 7.67. The first kappa shape index (κ1) is 15.4. The zero-order valence-corrected chi connectivity index (χ0v) is 11.5. The zero-order chi connectivity index (χ0) is 14.3. The standard InChI is InChI=1S/C14H17ClN2O2/c1-3-6-17-14(18)9-19-13-5-4-12(15)8-11(13)7-10(2)16/h1,4-5,8,10H,6-7,9,16H2,2H3,(H,17,18). The molecule has 1 aromatic carbocycles. The molecule has 1 rings (SSSR count). The predicted octanol–water partition coefficient (Wildman–Crippen LogP) is 1.36. The molecular weight excluding hydrogens is 264 g/mol. The summed E-state index contributed by atoms with van der Waals surface area (Å²) >= 11 is 5.93. The number of nitrogens with one attached hydrogen (secondary N) is 1. The van der Waals surface area contributed by atoms with E-state index in [4.69, 9.17) is 28.5 Å².